The number of hydrogen-bond acceptors (Lipinski definition) is 4. The molecule has 0 aromatic heterocycles. The molecule has 0 heterocycles. The zero-order valence-electron chi connectivity index (χ0n) is 10.5. The van der Waals surface area contributed by atoms with Gasteiger partial charge >= 0.3 is 0 Å². The summed E-state index contributed by atoms with van der Waals surface area (Å²) in [7, 11) is 0. The Balaban J connectivity index is 3.53. The lowest BCUT2D eigenvalue weighted by molar-refractivity contribution is 0.402. The summed E-state index contributed by atoms with van der Waals surface area (Å²) in [5.41, 5.74) is 0.270. The molecule has 0 spiro atoms. The van der Waals surface area contributed by atoms with Crippen LogP contribution in [-0.2, 0) is 0 Å². The van der Waals surface area contributed by atoms with E-state index in [4.69, 9.17) is 10.5 Å². The first-order chi connectivity index (χ1) is 8.30. The van der Waals surface area contributed by atoms with Gasteiger partial charge in [0.2, 0.25) is 0 Å². The van der Waals surface area contributed by atoms with Crippen molar-refractivity contribution < 1.29 is 10.2 Å². The van der Waals surface area contributed by atoms with E-state index in [-0.39, 0.29) is 16.5 Å². The summed E-state index contributed by atoms with van der Waals surface area (Å²) in [6.07, 6.45) is 3.46. The molecule has 0 saturated carbocycles. The van der Waals surface area contributed by atoms with E-state index < -0.39 is 11.5 Å². The van der Waals surface area contributed by atoms with Crippen molar-refractivity contribution in [1.29, 1.82) is 10.5 Å². The van der Waals surface area contributed by atoms with Gasteiger partial charge in [0.25, 0.3) is 0 Å². The summed E-state index contributed by atoms with van der Waals surface area (Å²) in [5, 5.41) is 37.0. The minimum atomic E-state index is -0.495. The standard InChI is InChI=1S/C14H14N2O2/c1-14(2,3)5-4-10-9(7-15)6-12(17)13(18)11(10)8-16/h4-6,17-18H,1-3H3. The Labute approximate surface area is 106 Å². The highest BCUT2D eigenvalue weighted by Gasteiger charge is 2.16. The van der Waals surface area contributed by atoms with E-state index in [0.29, 0.717) is 5.56 Å². The highest BCUT2D eigenvalue weighted by atomic mass is 16.3. The number of benzene rings is 1. The lowest BCUT2D eigenvalue weighted by Crippen LogP contribution is -1.99. The summed E-state index contributed by atoms with van der Waals surface area (Å²) in [6.45, 7) is 5.92. The van der Waals surface area contributed by atoms with Crippen LogP contribution in [0.25, 0.3) is 6.08 Å². The smallest absolute Gasteiger partial charge is 0.176 e. The summed E-state index contributed by atoms with van der Waals surface area (Å²) < 4.78 is 0. The van der Waals surface area contributed by atoms with Crippen molar-refractivity contribution in [2.24, 2.45) is 5.41 Å². The molecule has 1 aromatic carbocycles. The molecular weight excluding hydrogens is 228 g/mol. The third-order valence-electron chi connectivity index (χ3n) is 2.30. The molecule has 0 amide bonds. The van der Waals surface area contributed by atoms with Gasteiger partial charge in [-0.25, -0.2) is 0 Å². The molecule has 4 heteroatoms. The number of allylic oxidation sites excluding steroid dienone is 1. The van der Waals surface area contributed by atoms with E-state index >= 15 is 0 Å². The average molecular weight is 242 g/mol. The number of phenolic OH excluding ortho intramolecular Hbond substituents is 2. The minimum Gasteiger partial charge on any atom is -0.504 e. The van der Waals surface area contributed by atoms with Crippen LogP contribution in [0.2, 0.25) is 0 Å². The van der Waals surface area contributed by atoms with Gasteiger partial charge in [-0.2, -0.15) is 10.5 Å². The van der Waals surface area contributed by atoms with Gasteiger partial charge in [0.1, 0.15) is 11.6 Å². The zero-order valence-corrected chi connectivity index (χ0v) is 10.5. The van der Waals surface area contributed by atoms with E-state index in [1.165, 1.54) is 0 Å². The summed E-state index contributed by atoms with van der Waals surface area (Å²) in [4.78, 5) is 0. The summed E-state index contributed by atoms with van der Waals surface area (Å²) in [6, 6.07) is 4.86. The van der Waals surface area contributed by atoms with Gasteiger partial charge in [-0.15, -0.1) is 0 Å². The van der Waals surface area contributed by atoms with Gasteiger partial charge in [0, 0.05) is 11.6 Å². The molecule has 0 aliphatic heterocycles. The number of aromatic hydroxyl groups is 2. The van der Waals surface area contributed by atoms with Gasteiger partial charge in [-0.3, -0.25) is 0 Å². The Bertz CT molecular complexity index is 582. The fourth-order valence-corrected chi connectivity index (χ4v) is 1.39. The SMILES string of the molecule is CC(C)(C)C=Cc1c(C#N)cc(O)c(O)c1C#N. The molecule has 1 rings (SSSR count). The predicted molar refractivity (Wildman–Crippen MR) is 67.7 cm³/mol. The van der Waals surface area contributed by atoms with Crippen molar-refractivity contribution in [2.75, 3.05) is 0 Å². The first-order valence-electron chi connectivity index (χ1n) is 5.38. The molecule has 0 aliphatic carbocycles. The van der Waals surface area contributed by atoms with Crippen molar-refractivity contribution in [3.8, 4) is 23.6 Å². The van der Waals surface area contributed by atoms with Crippen molar-refractivity contribution in [2.45, 2.75) is 20.8 Å². The minimum absolute atomic E-state index is 0.0907. The zero-order chi connectivity index (χ0) is 13.9. The third kappa shape index (κ3) is 2.81. The van der Waals surface area contributed by atoms with Gasteiger partial charge in [-0.1, -0.05) is 32.9 Å². The molecule has 2 N–H and O–H groups in total. The fraction of sp³-hybridized carbons (Fsp3) is 0.286. The average Bonchev–Trinajstić information content (AvgIpc) is 2.28. The number of rotatable bonds is 1. The van der Waals surface area contributed by atoms with Crippen LogP contribution in [0, 0.1) is 28.1 Å². The molecule has 18 heavy (non-hydrogen) atoms. The van der Waals surface area contributed by atoms with Gasteiger partial charge < -0.3 is 10.2 Å². The molecule has 0 aliphatic rings. The largest absolute Gasteiger partial charge is 0.504 e. The maximum atomic E-state index is 9.61. The second-order valence-corrected chi connectivity index (χ2v) is 5.00. The number of nitriles is 2. The van der Waals surface area contributed by atoms with E-state index in [2.05, 4.69) is 0 Å². The van der Waals surface area contributed by atoms with E-state index in [1.54, 1.807) is 12.1 Å². The van der Waals surface area contributed by atoms with Crippen LogP contribution in [0.3, 0.4) is 0 Å². The molecular formula is C14H14N2O2. The van der Waals surface area contributed by atoms with Gasteiger partial charge in [0.05, 0.1) is 11.6 Å². The first kappa shape index (κ1) is 13.6. The van der Waals surface area contributed by atoms with Gasteiger partial charge in [-0.05, 0) is 5.41 Å². The lowest BCUT2D eigenvalue weighted by Gasteiger charge is -2.12. The maximum Gasteiger partial charge on any atom is 0.176 e. The van der Waals surface area contributed by atoms with Crippen LogP contribution in [0.1, 0.15) is 37.5 Å². The normalized spacial score (nSPS) is 11.2. The van der Waals surface area contributed by atoms with Crippen LogP contribution >= 0.6 is 0 Å². The lowest BCUT2D eigenvalue weighted by atomic mass is 9.93. The Kier molecular flexibility index (Phi) is 3.64. The molecule has 1 aromatic rings. The van der Waals surface area contributed by atoms with E-state index in [9.17, 15) is 10.2 Å². The Morgan fingerprint density at radius 3 is 2.22 bits per heavy atom. The molecule has 0 radical (unpaired) electrons. The second kappa shape index (κ2) is 4.81. The number of phenols is 2. The quantitative estimate of drug-likeness (QED) is 0.741. The summed E-state index contributed by atoms with van der Waals surface area (Å²) >= 11 is 0. The monoisotopic (exact) mass is 242 g/mol. The Morgan fingerprint density at radius 2 is 1.78 bits per heavy atom. The molecule has 0 bridgehead atoms. The van der Waals surface area contributed by atoms with Crippen LogP contribution in [0.4, 0.5) is 0 Å². The second-order valence-electron chi connectivity index (χ2n) is 5.00. The first-order valence-corrected chi connectivity index (χ1v) is 5.38. The van der Waals surface area contributed by atoms with Crippen LogP contribution in [0.15, 0.2) is 12.1 Å². The molecule has 0 unspecified atom stereocenters. The van der Waals surface area contributed by atoms with Crippen molar-refractivity contribution >= 4 is 6.08 Å². The summed E-state index contributed by atoms with van der Waals surface area (Å²) in [5.74, 6) is -0.957. The van der Waals surface area contributed by atoms with Crippen LogP contribution in [0.5, 0.6) is 11.5 Å². The third-order valence-corrected chi connectivity index (χ3v) is 2.30. The molecule has 4 nitrogen and oxygen atoms in total. The predicted octanol–water partition coefficient (Wildman–Crippen LogP) is 2.90. The molecule has 0 atom stereocenters. The van der Waals surface area contributed by atoms with Crippen molar-refractivity contribution in [3.05, 3.63) is 28.8 Å². The van der Waals surface area contributed by atoms with Crippen LogP contribution in [-0.4, -0.2) is 10.2 Å². The highest BCUT2D eigenvalue weighted by molar-refractivity contribution is 5.71. The van der Waals surface area contributed by atoms with E-state index in [0.717, 1.165) is 6.07 Å². The van der Waals surface area contributed by atoms with Crippen LogP contribution < -0.4 is 0 Å². The molecule has 0 fully saturated rings. The molecule has 92 valence electrons. The van der Waals surface area contributed by atoms with E-state index in [1.807, 2.05) is 32.9 Å². The van der Waals surface area contributed by atoms with Gasteiger partial charge in [0.15, 0.2) is 11.5 Å². The highest BCUT2D eigenvalue weighted by Crippen LogP contribution is 2.34. The van der Waals surface area contributed by atoms with Crippen molar-refractivity contribution in [3.63, 3.8) is 0 Å². The maximum absolute atomic E-state index is 9.61. The van der Waals surface area contributed by atoms with Crippen molar-refractivity contribution in [1.82, 2.24) is 0 Å². The number of nitrogens with zero attached hydrogens (tertiary/aromatic N) is 2. The number of hydrogen-bond donors (Lipinski definition) is 2. The Hall–Kier alpha value is -2.46. The topological polar surface area (TPSA) is 88.0 Å². The Morgan fingerprint density at radius 1 is 1.17 bits per heavy atom. The molecule has 0 saturated heterocycles. The fourth-order valence-electron chi connectivity index (χ4n) is 1.39.